The van der Waals surface area contributed by atoms with Crippen molar-refractivity contribution in [3.8, 4) is 0 Å². The molecule has 0 radical (unpaired) electrons. The standard InChI is InChI=1S/C66H126O11/c1-5-9-13-17-21-25-29-33-37-41-45-49-63(67)74-59-61(76-65(69)51-47-43-39-35-31-27-23-19-15-11-7-3)57-72-55-53-71-54-56-73-58-62(77-66(70)52-48-44-40-36-32-28-24-20-16-12-8-4)60-75-64(68)50-46-42-38-34-30-26-22-18-14-10-6-2/h61-62H,5-60H2,1-4H3. The molecule has 0 bridgehead atoms. The van der Waals surface area contributed by atoms with Gasteiger partial charge >= 0.3 is 23.9 Å². The van der Waals surface area contributed by atoms with Crippen LogP contribution in [0.5, 0.6) is 0 Å². The van der Waals surface area contributed by atoms with Gasteiger partial charge < -0.3 is 33.2 Å². The molecule has 456 valence electrons. The van der Waals surface area contributed by atoms with Crippen LogP contribution >= 0.6 is 0 Å². The average molecular weight is 1100 g/mol. The molecular formula is C66H126O11. The van der Waals surface area contributed by atoms with Crippen LogP contribution in [0.25, 0.3) is 0 Å². The van der Waals surface area contributed by atoms with E-state index in [9.17, 15) is 19.2 Å². The Morgan fingerprint density at radius 3 is 0.662 bits per heavy atom. The first-order valence-corrected chi connectivity index (χ1v) is 33.3. The van der Waals surface area contributed by atoms with Crippen LogP contribution in [0.15, 0.2) is 0 Å². The van der Waals surface area contributed by atoms with Gasteiger partial charge in [0.05, 0.1) is 39.6 Å². The predicted molar refractivity (Wildman–Crippen MR) is 318 cm³/mol. The maximum Gasteiger partial charge on any atom is 0.306 e. The number of ether oxygens (including phenoxy) is 7. The Bertz CT molecular complexity index is 1150. The van der Waals surface area contributed by atoms with Gasteiger partial charge in [0.2, 0.25) is 0 Å². The zero-order valence-electron chi connectivity index (χ0n) is 51.2. The van der Waals surface area contributed by atoms with Crippen molar-refractivity contribution in [1.29, 1.82) is 0 Å². The molecule has 0 rings (SSSR count). The minimum absolute atomic E-state index is 0.0325. The van der Waals surface area contributed by atoms with E-state index in [0.717, 1.165) is 77.0 Å². The summed E-state index contributed by atoms with van der Waals surface area (Å²) in [4.78, 5) is 51.2. The molecule has 0 spiro atoms. The second-order valence-corrected chi connectivity index (χ2v) is 22.5. The van der Waals surface area contributed by atoms with E-state index < -0.39 is 12.2 Å². The first-order chi connectivity index (χ1) is 37.9. The molecule has 77 heavy (non-hydrogen) atoms. The van der Waals surface area contributed by atoms with E-state index in [4.69, 9.17) is 33.2 Å². The fraction of sp³-hybridized carbons (Fsp3) is 0.939. The van der Waals surface area contributed by atoms with E-state index in [2.05, 4.69) is 27.7 Å². The van der Waals surface area contributed by atoms with Crippen molar-refractivity contribution in [2.24, 2.45) is 0 Å². The Balaban J connectivity index is 4.83. The monoisotopic (exact) mass is 1090 g/mol. The second-order valence-electron chi connectivity index (χ2n) is 22.5. The summed E-state index contributed by atoms with van der Waals surface area (Å²) in [6, 6.07) is 0. The van der Waals surface area contributed by atoms with Gasteiger partial charge in [-0.25, -0.2) is 0 Å². The van der Waals surface area contributed by atoms with Crippen molar-refractivity contribution in [2.75, 3.05) is 52.9 Å². The topological polar surface area (TPSA) is 133 Å². The number of hydrogen-bond acceptors (Lipinski definition) is 11. The number of esters is 4. The normalized spacial score (nSPS) is 12.2. The molecule has 0 aromatic carbocycles. The molecule has 0 amide bonds. The van der Waals surface area contributed by atoms with Gasteiger partial charge in [-0.15, -0.1) is 0 Å². The SMILES string of the molecule is CCCCCCCCCCCCCC(=O)OCC(COCCOCCOCC(COC(=O)CCCCCCCCCCCCC)OC(=O)CCCCCCCCCCCCC)OC(=O)CCCCCCCCCCCCC. The fourth-order valence-electron chi connectivity index (χ4n) is 9.74. The molecule has 0 saturated carbocycles. The van der Waals surface area contributed by atoms with E-state index in [1.54, 1.807) is 0 Å². The lowest BCUT2D eigenvalue weighted by atomic mass is 10.1. The van der Waals surface area contributed by atoms with Gasteiger partial charge in [0.15, 0.2) is 12.2 Å². The van der Waals surface area contributed by atoms with Gasteiger partial charge in [0.25, 0.3) is 0 Å². The Kier molecular flexibility index (Phi) is 61.1. The summed E-state index contributed by atoms with van der Waals surface area (Å²) < 4.78 is 40.3. The van der Waals surface area contributed by atoms with Gasteiger partial charge in [-0.2, -0.15) is 0 Å². The molecule has 2 unspecified atom stereocenters. The lowest BCUT2D eigenvalue weighted by Crippen LogP contribution is -2.30. The number of carbonyl (C=O) groups is 4. The minimum Gasteiger partial charge on any atom is -0.462 e. The third-order valence-electron chi connectivity index (χ3n) is 14.7. The van der Waals surface area contributed by atoms with Gasteiger partial charge in [0, 0.05) is 25.7 Å². The van der Waals surface area contributed by atoms with Crippen LogP contribution in [-0.4, -0.2) is 88.9 Å². The molecule has 0 N–H and O–H groups in total. The maximum atomic E-state index is 12.9. The van der Waals surface area contributed by atoms with E-state index in [-0.39, 0.29) is 76.7 Å². The quantitative estimate of drug-likeness (QED) is 0.0327. The number of hydrogen-bond donors (Lipinski definition) is 0. The van der Waals surface area contributed by atoms with Crippen molar-refractivity contribution in [3.05, 3.63) is 0 Å². The molecule has 0 saturated heterocycles. The largest absolute Gasteiger partial charge is 0.462 e. The zero-order valence-corrected chi connectivity index (χ0v) is 51.2. The minimum atomic E-state index is -0.691. The Hall–Kier alpha value is -2.24. The molecule has 11 heteroatoms. The third kappa shape index (κ3) is 59.7. The highest BCUT2D eigenvalue weighted by Gasteiger charge is 2.19. The van der Waals surface area contributed by atoms with Crippen molar-refractivity contribution in [3.63, 3.8) is 0 Å². The van der Waals surface area contributed by atoms with Crippen molar-refractivity contribution in [2.45, 2.75) is 348 Å². The van der Waals surface area contributed by atoms with Crippen LogP contribution in [0.3, 0.4) is 0 Å². The van der Waals surface area contributed by atoms with Gasteiger partial charge in [-0.1, -0.05) is 285 Å². The molecule has 11 nitrogen and oxygen atoms in total. The summed E-state index contributed by atoms with van der Waals surface area (Å²) in [6.45, 7) is 10.2. The van der Waals surface area contributed by atoms with E-state index in [0.29, 0.717) is 25.7 Å². The van der Waals surface area contributed by atoms with Crippen LogP contribution < -0.4 is 0 Å². The first-order valence-electron chi connectivity index (χ1n) is 33.3. The molecule has 0 fully saturated rings. The van der Waals surface area contributed by atoms with E-state index >= 15 is 0 Å². The molecule has 0 heterocycles. The van der Waals surface area contributed by atoms with Crippen LogP contribution in [-0.2, 0) is 52.3 Å². The molecule has 0 aromatic rings. The number of unbranched alkanes of at least 4 members (excludes halogenated alkanes) is 40. The molecule has 0 aliphatic heterocycles. The maximum absolute atomic E-state index is 12.9. The highest BCUT2D eigenvalue weighted by atomic mass is 16.6. The van der Waals surface area contributed by atoms with Crippen molar-refractivity contribution in [1.82, 2.24) is 0 Å². The summed E-state index contributed by atoms with van der Waals surface area (Å²) in [6.07, 6.45) is 53.3. The lowest BCUT2D eigenvalue weighted by Gasteiger charge is -2.19. The molecule has 0 aliphatic carbocycles. The van der Waals surface area contributed by atoms with Crippen molar-refractivity contribution < 1.29 is 52.3 Å². The van der Waals surface area contributed by atoms with Crippen LogP contribution in [0.1, 0.15) is 336 Å². The van der Waals surface area contributed by atoms with Gasteiger partial charge in [-0.3, -0.25) is 19.2 Å². The fourth-order valence-corrected chi connectivity index (χ4v) is 9.74. The zero-order chi connectivity index (χ0) is 56.0. The number of rotatable bonds is 64. The van der Waals surface area contributed by atoms with E-state index in [1.807, 2.05) is 0 Å². The average Bonchev–Trinajstić information content (AvgIpc) is 3.42. The molecule has 0 aliphatic rings. The first kappa shape index (κ1) is 74.8. The Morgan fingerprint density at radius 1 is 0.234 bits per heavy atom. The molecule has 2 atom stereocenters. The van der Waals surface area contributed by atoms with Crippen LogP contribution in [0.2, 0.25) is 0 Å². The third-order valence-corrected chi connectivity index (χ3v) is 14.7. The molecular weight excluding hydrogens is 969 g/mol. The highest BCUT2D eigenvalue weighted by molar-refractivity contribution is 5.71. The summed E-state index contributed by atoms with van der Waals surface area (Å²) >= 11 is 0. The van der Waals surface area contributed by atoms with Crippen molar-refractivity contribution >= 4 is 23.9 Å². The number of carbonyl (C=O) groups excluding carboxylic acids is 4. The summed E-state index contributed by atoms with van der Waals surface area (Å²) in [5.74, 6) is -1.12. The summed E-state index contributed by atoms with van der Waals surface area (Å²) in [7, 11) is 0. The Labute approximate surface area is 475 Å². The van der Waals surface area contributed by atoms with Crippen LogP contribution in [0.4, 0.5) is 0 Å². The summed E-state index contributed by atoms with van der Waals surface area (Å²) in [5.41, 5.74) is 0. The van der Waals surface area contributed by atoms with E-state index in [1.165, 1.54) is 205 Å². The summed E-state index contributed by atoms with van der Waals surface area (Å²) in [5, 5.41) is 0. The second kappa shape index (κ2) is 62.9. The molecule has 0 aromatic heterocycles. The highest BCUT2D eigenvalue weighted by Crippen LogP contribution is 2.17. The van der Waals surface area contributed by atoms with Gasteiger partial charge in [0.1, 0.15) is 13.2 Å². The van der Waals surface area contributed by atoms with Crippen LogP contribution in [0, 0.1) is 0 Å². The van der Waals surface area contributed by atoms with Gasteiger partial charge in [-0.05, 0) is 25.7 Å². The smallest absolute Gasteiger partial charge is 0.306 e. The lowest BCUT2D eigenvalue weighted by molar-refractivity contribution is -0.163. The predicted octanol–water partition coefficient (Wildman–Crippen LogP) is 18.8. The Morgan fingerprint density at radius 2 is 0.429 bits per heavy atom.